The van der Waals surface area contributed by atoms with Gasteiger partial charge in [0.1, 0.15) is 5.60 Å². The van der Waals surface area contributed by atoms with Crippen molar-refractivity contribution in [1.82, 2.24) is 9.88 Å². The summed E-state index contributed by atoms with van der Waals surface area (Å²) in [5.41, 5.74) is 1.68. The Morgan fingerprint density at radius 1 is 1.14 bits per heavy atom. The van der Waals surface area contributed by atoms with E-state index in [1.54, 1.807) is 27.0 Å². The number of carbonyl (C=O) groups is 1. The van der Waals surface area contributed by atoms with E-state index >= 15 is 8.78 Å². The first-order valence-electron chi connectivity index (χ1n) is 14.8. The number of hydrogen-bond acceptors (Lipinski definition) is 7. The molecule has 0 spiro atoms. The van der Waals surface area contributed by atoms with E-state index in [1.807, 2.05) is 27.7 Å². The molecule has 3 saturated heterocycles. The van der Waals surface area contributed by atoms with Crippen LogP contribution in [0, 0.1) is 17.6 Å². The van der Waals surface area contributed by atoms with Gasteiger partial charge in [-0.2, -0.15) is 0 Å². The second-order valence-electron chi connectivity index (χ2n) is 14.3. The number of nitrogens with zero attached hydrogens (tertiary/aromatic N) is 4. The van der Waals surface area contributed by atoms with Crippen molar-refractivity contribution < 1.29 is 27.6 Å². The number of anilines is 2. The zero-order valence-corrected chi connectivity index (χ0v) is 26.1. The Kier molecular flexibility index (Phi) is 6.72. The van der Waals surface area contributed by atoms with Gasteiger partial charge in [0, 0.05) is 73.7 Å². The summed E-state index contributed by atoms with van der Waals surface area (Å²) in [6.45, 7) is 15.9. The minimum atomic E-state index is -1.03. The number of amides is 1. The average molecular weight is 583 g/mol. The van der Waals surface area contributed by atoms with Crippen molar-refractivity contribution >= 4 is 30.0 Å². The van der Waals surface area contributed by atoms with Crippen molar-refractivity contribution in [2.75, 3.05) is 43.5 Å². The largest absolute Gasteiger partial charge is 0.498 e. The standard InChI is InChI=1S/C31H41BF2N4O4/c1-29(2,3)40-28(39)37(9)22-13-20(33)26(34)24-18(22)12-21-25(24)27(38-11-10-17-15-36(8)16-23(17)38)19(14-35-21)32-41-30(4,5)31(6,7)42-32/h13-14,17,23H,10-12,15-16H2,1-9H3/t17-,23?/m0/s1. The number of benzene rings is 1. The molecule has 0 N–H and O–H groups in total. The Hall–Kier alpha value is -2.76. The zero-order chi connectivity index (χ0) is 30.5. The average Bonchev–Trinajstić information content (AvgIpc) is 3.59. The molecule has 2 atom stereocenters. The summed E-state index contributed by atoms with van der Waals surface area (Å²) in [6.07, 6.45) is 2.39. The third-order valence-electron chi connectivity index (χ3n) is 9.61. The molecule has 1 unspecified atom stereocenters. The molecular formula is C31H41BF2N4O4. The van der Waals surface area contributed by atoms with Gasteiger partial charge >= 0.3 is 13.2 Å². The second-order valence-corrected chi connectivity index (χ2v) is 14.3. The zero-order valence-electron chi connectivity index (χ0n) is 26.1. The monoisotopic (exact) mass is 582 g/mol. The van der Waals surface area contributed by atoms with Gasteiger partial charge in [0.15, 0.2) is 11.6 Å². The van der Waals surface area contributed by atoms with Crippen molar-refractivity contribution in [3.8, 4) is 11.1 Å². The van der Waals surface area contributed by atoms with Crippen LogP contribution < -0.4 is 15.3 Å². The van der Waals surface area contributed by atoms with E-state index in [0.717, 1.165) is 37.8 Å². The lowest BCUT2D eigenvalue weighted by Gasteiger charge is -2.32. The lowest BCUT2D eigenvalue weighted by Crippen LogP contribution is -2.43. The lowest BCUT2D eigenvalue weighted by atomic mass is 9.76. The number of ether oxygens (including phenoxy) is 1. The fourth-order valence-electron chi connectivity index (χ4n) is 6.84. The van der Waals surface area contributed by atoms with E-state index in [9.17, 15) is 4.79 Å². The van der Waals surface area contributed by atoms with Crippen molar-refractivity contribution in [3.63, 3.8) is 0 Å². The predicted octanol–water partition coefficient (Wildman–Crippen LogP) is 4.74. The van der Waals surface area contributed by atoms with E-state index in [2.05, 4.69) is 16.8 Å². The Morgan fingerprint density at radius 2 is 1.81 bits per heavy atom. The first kappa shape index (κ1) is 29.3. The summed E-state index contributed by atoms with van der Waals surface area (Å²) in [7, 11) is 2.91. The molecule has 3 fully saturated rings. The van der Waals surface area contributed by atoms with Gasteiger partial charge in [-0.05, 0) is 73.4 Å². The van der Waals surface area contributed by atoms with Crippen LogP contribution in [0.3, 0.4) is 0 Å². The van der Waals surface area contributed by atoms with Crippen LogP contribution in [-0.4, -0.2) is 79.7 Å². The number of likely N-dealkylation sites (tertiary alicyclic amines) is 1. The van der Waals surface area contributed by atoms with Crippen LogP contribution >= 0.6 is 0 Å². The van der Waals surface area contributed by atoms with E-state index < -0.39 is 41.6 Å². The molecule has 1 aromatic heterocycles. The van der Waals surface area contributed by atoms with E-state index in [0.29, 0.717) is 28.2 Å². The minimum Gasteiger partial charge on any atom is -0.443 e. The highest BCUT2D eigenvalue weighted by Gasteiger charge is 2.54. The van der Waals surface area contributed by atoms with Crippen molar-refractivity contribution in [3.05, 3.63) is 35.2 Å². The highest BCUT2D eigenvalue weighted by molar-refractivity contribution is 6.64. The molecular weight excluding hydrogens is 541 g/mol. The van der Waals surface area contributed by atoms with Gasteiger partial charge in [-0.3, -0.25) is 9.88 Å². The molecule has 226 valence electrons. The maximum absolute atomic E-state index is 16.0. The summed E-state index contributed by atoms with van der Waals surface area (Å²) in [5.74, 6) is -1.51. The van der Waals surface area contributed by atoms with Crippen molar-refractivity contribution in [2.45, 2.75) is 84.2 Å². The molecule has 1 amide bonds. The number of pyridine rings is 1. The van der Waals surface area contributed by atoms with Gasteiger partial charge in [-0.15, -0.1) is 0 Å². The Bertz CT molecular complexity index is 1440. The normalized spacial score (nSPS) is 24.2. The molecule has 6 rings (SSSR count). The number of hydrogen-bond donors (Lipinski definition) is 0. The fourth-order valence-corrected chi connectivity index (χ4v) is 6.84. The molecule has 3 aliphatic heterocycles. The second kappa shape index (κ2) is 9.62. The summed E-state index contributed by atoms with van der Waals surface area (Å²) < 4.78 is 50.0. The summed E-state index contributed by atoms with van der Waals surface area (Å²) in [5, 5.41) is 0. The van der Waals surface area contributed by atoms with Crippen LogP contribution in [0.25, 0.3) is 11.1 Å². The highest BCUT2D eigenvalue weighted by atomic mass is 19.2. The quantitative estimate of drug-likeness (QED) is 0.414. The molecule has 0 bridgehead atoms. The number of halogens is 2. The van der Waals surface area contributed by atoms with Crippen LogP contribution in [0.5, 0.6) is 0 Å². The van der Waals surface area contributed by atoms with Crippen LogP contribution in [0.15, 0.2) is 12.3 Å². The number of carbonyl (C=O) groups excluding carboxylic acids is 1. The highest BCUT2D eigenvalue weighted by Crippen LogP contribution is 2.50. The fraction of sp³-hybridized carbons (Fsp3) is 0.613. The van der Waals surface area contributed by atoms with Crippen LogP contribution in [0.1, 0.15) is 66.1 Å². The SMILES string of the molecule is CN1CC2[C@@H](CCN2c2c(B3OC(C)(C)C(C)(C)O3)cnc3c2-c2c(F)c(F)cc(N(C)C(=O)OC(C)(C)C)c2C3)C1. The van der Waals surface area contributed by atoms with Gasteiger partial charge in [0.25, 0.3) is 0 Å². The molecule has 0 saturated carbocycles. The van der Waals surface area contributed by atoms with Gasteiger partial charge in [-0.1, -0.05) is 0 Å². The first-order chi connectivity index (χ1) is 19.5. The Balaban J connectivity index is 1.54. The number of aromatic nitrogens is 1. The lowest BCUT2D eigenvalue weighted by molar-refractivity contribution is 0.00578. The van der Waals surface area contributed by atoms with E-state index in [1.165, 1.54) is 11.9 Å². The molecule has 1 aliphatic carbocycles. The maximum atomic E-state index is 16.0. The van der Waals surface area contributed by atoms with E-state index in [4.69, 9.17) is 19.0 Å². The number of fused-ring (bicyclic) bond motifs is 4. The Labute approximate surface area is 247 Å². The molecule has 2 aromatic rings. The minimum absolute atomic E-state index is 0.145. The smallest absolute Gasteiger partial charge is 0.443 e. The van der Waals surface area contributed by atoms with Gasteiger partial charge in [0.05, 0.1) is 22.6 Å². The number of rotatable bonds is 3. The third kappa shape index (κ3) is 4.59. The van der Waals surface area contributed by atoms with Crippen LogP contribution in [0.4, 0.5) is 25.0 Å². The third-order valence-corrected chi connectivity index (χ3v) is 9.61. The predicted molar refractivity (Wildman–Crippen MR) is 159 cm³/mol. The summed E-state index contributed by atoms with van der Waals surface area (Å²) in [4.78, 5) is 23.7. The van der Waals surface area contributed by atoms with Crippen molar-refractivity contribution in [1.29, 1.82) is 0 Å². The molecule has 0 radical (unpaired) electrons. The van der Waals surface area contributed by atoms with Crippen LogP contribution in [0.2, 0.25) is 0 Å². The Morgan fingerprint density at radius 3 is 2.45 bits per heavy atom. The van der Waals surface area contributed by atoms with Gasteiger partial charge in [-0.25, -0.2) is 13.6 Å². The van der Waals surface area contributed by atoms with Crippen molar-refractivity contribution in [2.24, 2.45) is 5.92 Å². The van der Waals surface area contributed by atoms with Gasteiger partial charge in [0.2, 0.25) is 0 Å². The van der Waals surface area contributed by atoms with Crippen LogP contribution in [-0.2, 0) is 20.5 Å². The molecule has 8 nitrogen and oxygen atoms in total. The first-order valence-corrected chi connectivity index (χ1v) is 14.8. The topological polar surface area (TPSA) is 67.4 Å². The number of likely N-dealkylation sites (N-methyl/N-ethyl adjacent to an activating group) is 1. The van der Waals surface area contributed by atoms with Gasteiger partial charge < -0.3 is 23.8 Å². The van der Waals surface area contributed by atoms with E-state index in [-0.39, 0.29) is 23.7 Å². The molecule has 1 aromatic carbocycles. The molecule has 4 aliphatic rings. The maximum Gasteiger partial charge on any atom is 0.498 e. The summed E-state index contributed by atoms with van der Waals surface area (Å²) in [6, 6.07) is 1.30. The molecule has 11 heteroatoms. The molecule has 4 heterocycles. The molecule has 42 heavy (non-hydrogen) atoms. The summed E-state index contributed by atoms with van der Waals surface area (Å²) >= 11 is 0.